The molecule has 0 spiro atoms. The number of rotatable bonds is 2. The van der Waals surface area contributed by atoms with Crippen molar-refractivity contribution < 1.29 is 4.74 Å². The maximum atomic E-state index is 5.40. The van der Waals surface area contributed by atoms with Gasteiger partial charge in [-0.25, -0.2) is 0 Å². The molecule has 0 aromatic carbocycles. The van der Waals surface area contributed by atoms with Crippen LogP contribution in [0, 0.1) is 11.3 Å². The Morgan fingerprint density at radius 2 is 1.82 bits per heavy atom. The molecule has 0 aromatic rings. The second-order valence-corrected chi connectivity index (χ2v) is 7.14. The van der Waals surface area contributed by atoms with Crippen LogP contribution in [0.25, 0.3) is 0 Å². The third-order valence-corrected chi connectivity index (χ3v) is 3.59. The van der Waals surface area contributed by atoms with Gasteiger partial charge in [-0.3, -0.25) is 4.90 Å². The Bertz CT molecular complexity index is 280. The average molecular weight is 239 g/mol. The quantitative estimate of drug-likeness (QED) is 0.685. The Balaban J connectivity index is 2.89. The van der Waals surface area contributed by atoms with E-state index in [1.54, 1.807) is 12.7 Å². The van der Waals surface area contributed by atoms with Gasteiger partial charge in [-0.15, -0.1) is 0 Å². The highest BCUT2D eigenvalue weighted by Crippen LogP contribution is 2.35. The Morgan fingerprint density at radius 3 is 2.24 bits per heavy atom. The molecule has 2 nitrogen and oxygen atoms in total. The third-order valence-electron chi connectivity index (χ3n) is 3.59. The van der Waals surface area contributed by atoms with Crippen LogP contribution in [0.5, 0.6) is 0 Å². The number of ether oxygens (including phenoxy) is 1. The molecular formula is C15H29NO. The van der Waals surface area contributed by atoms with E-state index in [0.29, 0.717) is 5.92 Å². The van der Waals surface area contributed by atoms with Crippen LogP contribution in [0.4, 0.5) is 0 Å². The maximum Gasteiger partial charge on any atom is 0.0540 e. The van der Waals surface area contributed by atoms with Crippen LogP contribution in [0.2, 0.25) is 0 Å². The molecule has 1 aliphatic rings. The summed E-state index contributed by atoms with van der Waals surface area (Å²) in [5.41, 5.74) is 2.05. The largest absolute Gasteiger partial charge is 0.384 e. The van der Waals surface area contributed by atoms with E-state index in [2.05, 4.69) is 52.5 Å². The van der Waals surface area contributed by atoms with Crippen LogP contribution in [0.1, 0.15) is 41.5 Å². The molecule has 1 rings (SSSR count). The smallest absolute Gasteiger partial charge is 0.0540 e. The summed E-state index contributed by atoms with van der Waals surface area (Å²) in [6, 6.07) is 0. The van der Waals surface area contributed by atoms with Crippen LogP contribution in [-0.4, -0.2) is 37.2 Å². The molecule has 0 saturated heterocycles. The highest BCUT2D eigenvalue weighted by molar-refractivity contribution is 5.19. The molecule has 100 valence electrons. The zero-order valence-electron chi connectivity index (χ0n) is 12.6. The molecule has 0 amide bonds. The highest BCUT2D eigenvalue weighted by atomic mass is 16.5. The van der Waals surface area contributed by atoms with Crippen LogP contribution < -0.4 is 0 Å². The molecule has 1 unspecified atom stereocenters. The molecule has 0 aliphatic carbocycles. The Kier molecular flexibility index (Phi) is 4.43. The summed E-state index contributed by atoms with van der Waals surface area (Å²) < 4.78 is 5.40. The van der Waals surface area contributed by atoms with Crippen molar-refractivity contribution in [3.05, 3.63) is 11.6 Å². The summed E-state index contributed by atoms with van der Waals surface area (Å²) in [5.74, 6) is 0.535. The Hall–Kier alpha value is -0.340. The molecule has 17 heavy (non-hydrogen) atoms. The summed E-state index contributed by atoms with van der Waals surface area (Å²) in [6.45, 7) is 16.8. The second kappa shape index (κ2) is 5.11. The molecule has 1 atom stereocenters. The van der Waals surface area contributed by atoms with Gasteiger partial charge in [0.05, 0.1) is 6.61 Å². The van der Waals surface area contributed by atoms with Gasteiger partial charge in [0, 0.05) is 31.7 Å². The fraction of sp³-hybridized carbons (Fsp3) is 0.867. The first kappa shape index (κ1) is 14.7. The van der Waals surface area contributed by atoms with E-state index in [1.165, 1.54) is 0 Å². The fourth-order valence-corrected chi connectivity index (χ4v) is 2.62. The van der Waals surface area contributed by atoms with Crippen molar-refractivity contribution in [1.29, 1.82) is 0 Å². The monoisotopic (exact) mass is 239 g/mol. The van der Waals surface area contributed by atoms with E-state index in [-0.39, 0.29) is 11.0 Å². The van der Waals surface area contributed by atoms with Gasteiger partial charge in [0.25, 0.3) is 0 Å². The van der Waals surface area contributed by atoms with Gasteiger partial charge in [0.2, 0.25) is 0 Å². The van der Waals surface area contributed by atoms with E-state index >= 15 is 0 Å². The van der Waals surface area contributed by atoms with Crippen molar-refractivity contribution >= 4 is 0 Å². The van der Waals surface area contributed by atoms with Crippen LogP contribution in [0.15, 0.2) is 11.6 Å². The van der Waals surface area contributed by atoms with Crippen molar-refractivity contribution in [2.45, 2.75) is 47.1 Å². The van der Waals surface area contributed by atoms with Crippen molar-refractivity contribution in [2.24, 2.45) is 11.3 Å². The van der Waals surface area contributed by atoms with Crippen LogP contribution in [0.3, 0.4) is 0 Å². The standard InChI is InChI=1S/C15H29NO/c1-14(2,3)13-8-9-16(15(4,5)6)10-12(13)11-17-7/h8,12H,9-11H2,1-7H3. The van der Waals surface area contributed by atoms with Gasteiger partial charge >= 0.3 is 0 Å². The molecule has 0 aromatic heterocycles. The Morgan fingerprint density at radius 1 is 1.24 bits per heavy atom. The van der Waals surface area contributed by atoms with Gasteiger partial charge in [-0.1, -0.05) is 32.4 Å². The summed E-state index contributed by atoms with van der Waals surface area (Å²) in [6.07, 6.45) is 2.42. The van der Waals surface area contributed by atoms with Gasteiger partial charge in [-0.05, 0) is 26.2 Å². The topological polar surface area (TPSA) is 12.5 Å². The lowest BCUT2D eigenvalue weighted by Gasteiger charge is -2.44. The second-order valence-electron chi connectivity index (χ2n) is 7.14. The van der Waals surface area contributed by atoms with Crippen molar-refractivity contribution in [3.8, 4) is 0 Å². The molecule has 0 fully saturated rings. The molecular weight excluding hydrogens is 210 g/mol. The maximum absolute atomic E-state index is 5.40. The third kappa shape index (κ3) is 3.82. The normalized spacial score (nSPS) is 23.7. The van der Waals surface area contributed by atoms with Gasteiger partial charge in [0.1, 0.15) is 0 Å². The summed E-state index contributed by atoms with van der Waals surface area (Å²) >= 11 is 0. The summed E-state index contributed by atoms with van der Waals surface area (Å²) in [7, 11) is 1.80. The molecule has 0 saturated carbocycles. The van der Waals surface area contributed by atoms with E-state index in [4.69, 9.17) is 4.74 Å². The minimum absolute atomic E-state index is 0.242. The summed E-state index contributed by atoms with van der Waals surface area (Å²) in [4.78, 5) is 2.53. The SMILES string of the molecule is COCC1CN(C(C)(C)C)CC=C1C(C)(C)C. The lowest BCUT2D eigenvalue weighted by atomic mass is 9.76. The minimum atomic E-state index is 0.242. The first-order chi connectivity index (χ1) is 7.66. The zero-order valence-corrected chi connectivity index (χ0v) is 12.6. The van der Waals surface area contributed by atoms with Gasteiger partial charge < -0.3 is 4.74 Å². The van der Waals surface area contributed by atoms with Gasteiger partial charge in [-0.2, -0.15) is 0 Å². The van der Waals surface area contributed by atoms with E-state index < -0.39 is 0 Å². The molecule has 2 heteroatoms. The minimum Gasteiger partial charge on any atom is -0.384 e. The number of hydrogen-bond acceptors (Lipinski definition) is 2. The van der Waals surface area contributed by atoms with E-state index in [0.717, 1.165) is 19.7 Å². The number of hydrogen-bond donors (Lipinski definition) is 0. The van der Waals surface area contributed by atoms with E-state index in [1.807, 2.05) is 0 Å². The number of methoxy groups -OCH3 is 1. The molecule has 0 radical (unpaired) electrons. The molecule has 1 heterocycles. The fourth-order valence-electron chi connectivity index (χ4n) is 2.62. The van der Waals surface area contributed by atoms with Gasteiger partial charge in [0.15, 0.2) is 0 Å². The van der Waals surface area contributed by atoms with Crippen molar-refractivity contribution in [3.63, 3.8) is 0 Å². The average Bonchev–Trinajstić information content (AvgIpc) is 2.15. The van der Waals surface area contributed by atoms with Crippen molar-refractivity contribution in [1.82, 2.24) is 4.90 Å². The predicted octanol–water partition coefficient (Wildman–Crippen LogP) is 3.34. The van der Waals surface area contributed by atoms with E-state index in [9.17, 15) is 0 Å². The zero-order chi connectivity index (χ0) is 13.3. The molecule has 0 bridgehead atoms. The highest BCUT2D eigenvalue weighted by Gasteiger charge is 2.33. The molecule has 1 aliphatic heterocycles. The van der Waals surface area contributed by atoms with Crippen LogP contribution >= 0.6 is 0 Å². The summed E-state index contributed by atoms with van der Waals surface area (Å²) in [5, 5.41) is 0. The molecule has 0 N–H and O–H groups in total. The predicted molar refractivity (Wildman–Crippen MR) is 74.2 cm³/mol. The Labute approximate surface area is 107 Å². The number of nitrogens with zero attached hydrogens (tertiary/aromatic N) is 1. The lowest BCUT2D eigenvalue weighted by Crippen LogP contribution is -2.48. The van der Waals surface area contributed by atoms with Crippen molar-refractivity contribution in [2.75, 3.05) is 26.8 Å². The lowest BCUT2D eigenvalue weighted by molar-refractivity contribution is 0.0788. The van der Waals surface area contributed by atoms with Crippen LogP contribution in [-0.2, 0) is 4.74 Å². The first-order valence-corrected chi connectivity index (χ1v) is 6.61. The first-order valence-electron chi connectivity index (χ1n) is 6.61.